The van der Waals surface area contributed by atoms with Crippen LogP contribution in [0, 0.1) is 34.8 Å². The first kappa shape index (κ1) is 22.5. The van der Waals surface area contributed by atoms with E-state index in [9.17, 15) is 26.7 Å². The number of nitriles is 1. The number of benzene rings is 2. The van der Waals surface area contributed by atoms with Crippen molar-refractivity contribution >= 4 is 17.3 Å². The highest BCUT2D eigenvalue weighted by Crippen LogP contribution is 2.36. The Bertz CT molecular complexity index is 999. The maximum Gasteiger partial charge on any atom is 0.417 e. The minimum Gasteiger partial charge on any atom is -0.384 e. The monoisotopic (exact) mass is 439 g/mol. The lowest BCUT2D eigenvalue weighted by molar-refractivity contribution is -0.137. The highest BCUT2D eigenvalue weighted by Gasteiger charge is 2.39. The maximum atomic E-state index is 13.4. The van der Waals surface area contributed by atoms with E-state index < -0.39 is 40.8 Å². The van der Waals surface area contributed by atoms with Gasteiger partial charge in [0.25, 0.3) is 0 Å². The average Bonchev–Trinajstić information content (AvgIpc) is 3.10. The van der Waals surface area contributed by atoms with Gasteiger partial charge in [-0.05, 0) is 30.3 Å². The van der Waals surface area contributed by atoms with Gasteiger partial charge in [0.1, 0.15) is 11.6 Å². The number of alkyl halides is 3. The molecule has 1 amide bonds. The SMILES string of the molecule is COC[C@H]1CN(c2ccc(C#N)c(C(F)(F)F)c2)C[C@@H]1C(=O)Nc1cc(F)cc(F)c1. The molecule has 31 heavy (non-hydrogen) atoms. The predicted octanol–water partition coefficient (Wildman–Crippen LogP) is 4.19. The number of hydrogen-bond donors (Lipinski definition) is 1. The summed E-state index contributed by atoms with van der Waals surface area (Å²) < 4.78 is 71.8. The minimum absolute atomic E-state index is 0.0603. The molecule has 0 aromatic heterocycles. The molecule has 1 fully saturated rings. The van der Waals surface area contributed by atoms with Crippen LogP contribution in [-0.2, 0) is 15.7 Å². The number of amides is 1. The zero-order valence-electron chi connectivity index (χ0n) is 16.3. The first-order valence-corrected chi connectivity index (χ1v) is 9.24. The highest BCUT2D eigenvalue weighted by molar-refractivity contribution is 5.93. The molecule has 2 aromatic rings. The average molecular weight is 439 g/mol. The third kappa shape index (κ3) is 5.11. The third-order valence-corrected chi connectivity index (χ3v) is 5.08. The van der Waals surface area contributed by atoms with Crippen LogP contribution in [0.2, 0.25) is 0 Å². The Morgan fingerprint density at radius 3 is 2.45 bits per heavy atom. The van der Waals surface area contributed by atoms with Gasteiger partial charge in [0, 0.05) is 43.6 Å². The van der Waals surface area contributed by atoms with Crippen LogP contribution in [0.4, 0.5) is 33.3 Å². The summed E-state index contributed by atoms with van der Waals surface area (Å²) in [6.07, 6.45) is -4.70. The quantitative estimate of drug-likeness (QED) is 0.710. The Hall–Kier alpha value is -3.19. The third-order valence-electron chi connectivity index (χ3n) is 5.08. The Labute approximate surface area is 175 Å². The van der Waals surface area contributed by atoms with Crippen molar-refractivity contribution in [1.82, 2.24) is 0 Å². The van der Waals surface area contributed by atoms with Crippen molar-refractivity contribution in [1.29, 1.82) is 5.26 Å². The van der Waals surface area contributed by atoms with Crippen LogP contribution in [0.5, 0.6) is 0 Å². The molecular weight excluding hydrogens is 421 g/mol. The van der Waals surface area contributed by atoms with Gasteiger partial charge in [0.2, 0.25) is 5.91 Å². The molecule has 0 spiro atoms. The summed E-state index contributed by atoms with van der Waals surface area (Å²) in [6.45, 7) is 0.460. The molecule has 2 atom stereocenters. The van der Waals surface area contributed by atoms with Crippen LogP contribution in [0.1, 0.15) is 11.1 Å². The first-order valence-electron chi connectivity index (χ1n) is 9.24. The number of ether oxygens (including phenoxy) is 1. The molecule has 0 aliphatic carbocycles. The van der Waals surface area contributed by atoms with Crippen molar-refractivity contribution in [3.05, 3.63) is 59.2 Å². The number of anilines is 2. The lowest BCUT2D eigenvalue weighted by atomic mass is 9.96. The molecule has 5 nitrogen and oxygen atoms in total. The van der Waals surface area contributed by atoms with E-state index in [2.05, 4.69) is 5.32 Å². The fourth-order valence-electron chi connectivity index (χ4n) is 3.68. The highest BCUT2D eigenvalue weighted by atomic mass is 19.4. The molecule has 2 aromatic carbocycles. The van der Waals surface area contributed by atoms with Crippen LogP contribution in [0.3, 0.4) is 0 Å². The van der Waals surface area contributed by atoms with E-state index in [0.717, 1.165) is 24.3 Å². The van der Waals surface area contributed by atoms with Crippen LogP contribution in [-0.4, -0.2) is 32.7 Å². The molecule has 164 valence electrons. The normalized spacial score (nSPS) is 18.7. The molecule has 0 saturated carbocycles. The molecule has 10 heteroatoms. The summed E-state index contributed by atoms with van der Waals surface area (Å²) >= 11 is 0. The molecule has 0 unspecified atom stereocenters. The molecular formula is C21H18F5N3O2. The standard InChI is InChI=1S/C21H18F5N3O2/c1-31-11-13-9-29(17-3-2-12(8-27)19(7-17)21(24,25)26)10-18(13)20(30)28-16-5-14(22)4-15(23)6-16/h2-7,13,18H,9-11H2,1H3,(H,28,30)/t13-,18+/m1/s1. The summed E-state index contributed by atoms with van der Waals surface area (Å²) in [5.41, 5.74) is -1.40. The number of methoxy groups -OCH3 is 1. The van der Waals surface area contributed by atoms with E-state index in [1.165, 1.54) is 19.2 Å². The number of halogens is 5. The summed E-state index contributed by atoms with van der Waals surface area (Å²) in [5, 5.41) is 11.4. The summed E-state index contributed by atoms with van der Waals surface area (Å²) in [7, 11) is 1.43. The van der Waals surface area contributed by atoms with Crippen molar-refractivity contribution < 1.29 is 31.5 Å². The topological polar surface area (TPSA) is 65.4 Å². The molecule has 1 heterocycles. The van der Waals surface area contributed by atoms with Gasteiger partial charge in [-0.2, -0.15) is 18.4 Å². The maximum absolute atomic E-state index is 13.4. The Balaban J connectivity index is 1.84. The number of carbonyl (C=O) groups excluding carboxylic acids is 1. The zero-order chi connectivity index (χ0) is 22.8. The smallest absolute Gasteiger partial charge is 0.384 e. The van der Waals surface area contributed by atoms with Crippen LogP contribution >= 0.6 is 0 Å². The van der Waals surface area contributed by atoms with Gasteiger partial charge in [-0.3, -0.25) is 4.79 Å². The van der Waals surface area contributed by atoms with Crippen molar-refractivity contribution in [2.24, 2.45) is 11.8 Å². The lowest BCUT2D eigenvalue weighted by Crippen LogP contribution is -2.31. The molecule has 1 N–H and O–H groups in total. The Kier molecular flexibility index (Phi) is 6.45. The number of carbonyl (C=O) groups is 1. The van der Waals surface area contributed by atoms with E-state index >= 15 is 0 Å². The molecule has 1 aliphatic heterocycles. The van der Waals surface area contributed by atoms with Gasteiger partial charge in [-0.15, -0.1) is 0 Å². The lowest BCUT2D eigenvalue weighted by Gasteiger charge is -2.20. The Morgan fingerprint density at radius 1 is 1.19 bits per heavy atom. The number of hydrogen-bond acceptors (Lipinski definition) is 4. The summed E-state index contributed by atoms with van der Waals surface area (Å²) in [4.78, 5) is 14.4. The van der Waals surface area contributed by atoms with Gasteiger partial charge < -0.3 is 15.0 Å². The molecule has 1 saturated heterocycles. The molecule has 0 radical (unpaired) electrons. The van der Waals surface area contributed by atoms with E-state index in [1.807, 2.05) is 0 Å². The molecule has 3 rings (SSSR count). The Morgan fingerprint density at radius 2 is 1.87 bits per heavy atom. The largest absolute Gasteiger partial charge is 0.417 e. The number of rotatable bonds is 5. The number of nitrogens with zero attached hydrogens (tertiary/aromatic N) is 2. The van der Waals surface area contributed by atoms with Crippen molar-refractivity contribution in [3.63, 3.8) is 0 Å². The predicted molar refractivity (Wildman–Crippen MR) is 102 cm³/mol. The van der Waals surface area contributed by atoms with E-state index in [-0.39, 0.29) is 37.0 Å². The van der Waals surface area contributed by atoms with Gasteiger partial charge in [0.15, 0.2) is 0 Å². The van der Waals surface area contributed by atoms with Gasteiger partial charge in [0.05, 0.1) is 29.7 Å². The molecule has 0 bridgehead atoms. The van der Waals surface area contributed by atoms with Gasteiger partial charge in [-0.1, -0.05) is 0 Å². The fourth-order valence-corrected chi connectivity index (χ4v) is 3.68. The van der Waals surface area contributed by atoms with Gasteiger partial charge >= 0.3 is 6.18 Å². The fraction of sp³-hybridized carbons (Fsp3) is 0.333. The van der Waals surface area contributed by atoms with Crippen molar-refractivity contribution in [3.8, 4) is 6.07 Å². The van der Waals surface area contributed by atoms with Gasteiger partial charge in [-0.25, -0.2) is 8.78 Å². The molecule has 1 aliphatic rings. The van der Waals surface area contributed by atoms with Crippen molar-refractivity contribution in [2.75, 3.05) is 37.0 Å². The number of nitrogens with one attached hydrogen (secondary N) is 1. The van der Waals surface area contributed by atoms with Crippen LogP contribution in [0.25, 0.3) is 0 Å². The van der Waals surface area contributed by atoms with E-state index in [0.29, 0.717) is 6.07 Å². The first-order chi connectivity index (χ1) is 14.6. The second kappa shape index (κ2) is 8.89. The summed E-state index contributed by atoms with van der Waals surface area (Å²) in [5.74, 6) is -3.30. The zero-order valence-corrected chi connectivity index (χ0v) is 16.3. The summed E-state index contributed by atoms with van der Waals surface area (Å²) in [6, 6.07) is 7.49. The van der Waals surface area contributed by atoms with Crippen LogP contribution in [0.15, 0.2) is 36.4 Å². The second-order valence-electron chi connectivity index (χ2n) is 7.21. The van der Waals surface area contributed by atoms with Crippen LogP contribution < -0.4 is 10.2 Å². The second-order valence-corrected chi connectivity index (χ2v) is 7.21. The van der Waals surface area contributed by atoms with Crippen molar-refractivity contribution in [2.45, 2.75) is 6.18 Å². The van der Waals surface area contributed by atoms with E-state index in [1.54, 1.807) is 4.90 Å². The van der Waals surface area contributed by atoms with E-state index in [4.69, 9.17) is 10.00 Å². The minimum atomic E-state index is -4.70.